The zero-order chi connectivity index (χ0) is 43.8. The number of aliphatic hydroxyl groups excluding tert-OH is 3. The van der Waals surface area contributed by atoms with Crippen LogP contribution in [0.1, 0.15) is 86.5 Å². The molecule has 16 heteroatoms. The number of aliphatic hydroxyl groups is 4. The number of rotatable bonds is 11. The second-order valence-corrected chi connectivity index (χ2v) is 17.8. The summed E-state index contributed by atoms with van der Waals surface area (Å²) < 4.78 is 50.0. The Morgan fingerprint density at radius 2 is 1.56 bits per heavy atom. The van der Waals surface area contributed by atoms with Crippen LogP contribution in [-0.2, 0) is 47.5 Å². The first-order valence-electron chi connectivity index (χ1n) is 21.3. The van der Waals surface area contributed by atoms with Gasteiger partial charge in [0.1, 0.15) is 36.8 Å². The molecule has 0 radical (unpaired) electrons. The van der Waals surface area contributed by atoms with E-state index in [9.17, 15) is 30.0 Å². The fourth-order valence-corrected chi connectivity index (χ4v) is 9.10. The first kappa shape index (κ1) is 49.8. The number of hydrogen-bond donors (Lipinski definition) is 4. The average molecular weight is 843 g/mol. The summed E-state index contributed by atoms with van der Waals surface area (Å²) in [5, 5.41) is 45.1. The summed E-state index contributed by atoms with van der Waals surface area (Å²) in [5.74, 6) is -1.47. The van der Waals surface area contributed by atoms with Crippen molar-refractivity contribution in [2.45, 2.75) is 190 Å². The smallest absolute Gasteiger partial charge is 0.308 e. The molecule has 59 heavy (non-hydrogen) atoms. The molecule has 3 fully saturated rings. The molecule has 0 amide bonds. The predicted molar refractivity (Wildman–Crippen MR) is 217 cm³/mol. The normalized spacial score (nSPS) is 45.8. The van der Waals surface area contributed by atoms with Crippen LogP contribution in [-0.4, -0.2) is 181 Å². The number of esters is 1. The lowest BCUT2D eigenvalue weighted by Crippen LogP contribution is -2.65. The molecule has 0 aromatic heterocycles. The second-order valence-electron chi connectivity index (χ2n) is 17.8. The second kappa shape index (κ2) is 22.5. The third kappa shape index (κ3) is 13.3. The van der Waals surface area contributed by atoms with Gasteiger partial charge in [-0.15, -0.1) is 0 Å². The third-order valence-corrected chi connectivity index (χ3v) is 12.4. The van der Waals surface area contributed by atoms with E-state index in [0.29, 0.717) is 19.3 Å². The minimum absolute atomic E-state index is 0.00885. The number of likely N-dealkylation sites (N-methyl/N-ethyl adjacent to an activating group) is 2. The molecular formula is C43H74N2O14. The van der Waals surface area contributed by atoms with Crippen LogP contribution >= 0.6 is 0 Å². The number of allylic oxidation sites excluding steroid dienone is 2. The third-order valence-electron chi connectivity index (χ3n) is 12.4. The van der Waals surface area contributed by atoms with Gasteiger partial charge in [0, 0.05) is 32.4 Å². The zero-order valence-corrected chi connectivity index (χ0v) is 37.0. The monoisotopic (exact) mass is 843 g/mol. The van der Waals surface area contributed by atoms with Crippen LogP contribution in [0.2, 0.25) is 0 Å². The van der Waals surface area contributed by atoms with E-state index in [1.807, 2.05) is 52.2 Å². The Morgan fingerprint density at radius 1 is 0.864 bits per heavy atom. The maximum Gasteiger partial charge on any atom is 0.308 e. The van der Waals surface area contributed by atoms with Gasteiger partial charge in [0.15, 0.2) is 18.9 Å². The number of carbonyl (C=O) groups is 2. The van der Waals surface area contributed by atoms with Gasteiger partial charge >= 0.3 is 5.97 Å². The molecule has 1 unspecified atom stereocenters. The van der Waals surface area contributed by atoms with Gasteiger partial charge in [-0.3, -0.25) is 4.79 Å². The van der Waals surface area contributed by atoms with Crippen LogP contribution < -0.4 is 0 Å². The number of aldehydes is 1. The summed E-state index contributed by atoms with van der Waals surface area (Å²) in [6.07, 6.45) is -1.56. The van der Waals surface area contributed by atoms with Gasteiger partial charge < -0.3 is 72.9 Å². The fraction of sp³-hybridized carbons (Fsp3) is 0.860. The quantitative estimate of drug-likeness (QED) is 0.175. The molecule has 0 saturated carbocycles. The molecular weight excluding hydrogens is 768 g/mol. The van der Waals surface area contributed by atoms with Crippen molar-refractivity contribution < 1.29 is 67.9 Å². The molecule has 0 spiro atoms. The van der Waals surface area contributed by atoms with Crippen LogP contribution in [0, 0.1) is 11.8 Å². The van der Waals surface area contributed by atoms with Crippen LogP contribution in [0.25, 0.3) is 0 Å². The molecule has 3 saturated heterocycles. The molecule has 0 bridgehead atoms. The largest absolute Gasteiger partial charge is 0.462 e. The zero-order valence-electron chi connectivity index (χ0n) is 37.0. The van der Waals surface area contributed by atoms with E-state index in [1.54, 1.807) is 39.8 Å². The molecule has 0 aromatic carbocycles. The van der Waals surface area contributed by atoms with Gasteiger partial charge in [0.05, 0.1) is 54.7 Å². The Balaban J connectivity index is 1.66. The number of cyclic esters (lactones) is 1. The van der Waals surface area contributed by atoms with Gasteiger partial charge in [-0.2, -0.15) is 0 Å². The number of carbonyl (C=O) groups excluding carboxylic acids is 2. The van der Waals surface area contributed by atoms with Crippen LogP contribution in [0.4, 0.5) is 0 Å². The molecule has 19 atom stereocenters. The van der Waals surface area contributed by atoms with Crippen molar-refractivity contribution in [1.29, 1.82) is 0 Å². The van der Waals surface area contributed by atoms with Gasteiger partial charge in [0.25, 0.3) is 0 Å². The summed E-state index contributed by atoms with van der Waals surface area (Å²) in [6.45, 7) is 10.8. The van der Waals surface area contributed by atoms with Crippen molar-refractivity contribution in [3.8, 4) is 0 Å². The first-order chi connectivity index (χ1) is 27.8. The van der Waals surface area contributed by atoms with Crippen molar-refractivity contribution in [3.63, 3.8) is 0 Å². The van der Waals surface area contributed by atoms with Crippen LogP contribution in [0.15, 0.2) is 24.3 Å². The Kier molecular flexibility index (Phi) is 18.9. The highest BCUT2D eigenvalue weighted by Crippen LogP contribution is 2.37. The van der Waals surface area contributed by atoms with Crippen LogP contribution in [0.5, 0.6) is 0 Å². The summed E-state index contributed by atoms with van der Waals surface area (Å²) in [7, 11) is 9.03. The van der Waals surface area contributed by atoms with E-state index >= 15 is 0 Å². The number of hydrogen-bond acceptors (Lipinski definition) is 16. The predicted octanol–water partition coefficient (Wildman–Crippen LogP) is 2.33. The molecule has 340 valence electrons. The lowest BCUT2D eigenvalue weighted by atomic mass is 9.82. The molecule has 0 aliphatic carbocycles. The van der Waals surface area contributed by atoms with Gasteiger partial charge in [0.2, 0.25) is 0 Å². The number of nitrogens with zero attached hydrogens (tertiary/aromatic N) is 2. The van der Waals surface area contributed by atoms with Gasteiger partial charge in [-0.1, -0.05) is 31.2 Å². The van der Waals surface area contributed by atoms with Crippen molar-refractivity contribution in [3.05, 3.63) is 24.3 Å². The summed E-state index contributed by atoms with van der Waals surface area (Å²) in [6, 6.07) is -0.466. The van der Waals surface area contributed by atoms with Crippen molar-refractivity contribution in [2.75, 3.05) is 35.3 Å². The Morgan fingerprint density at radius 3 is 2.17 bits per heavy atom. The summed E-state index contributed by atoms with van der Waals surface area (Å²) in [5.41, 5.74) is -1.47. The lowest BCUT2D eigenvalue weighted by molar-refractivity contribution is -0.344. The average Bonchev–Trinajstić information content (AvgIpc) is 3.13. The number of ether oxygens (including phenoxy) is 8. The van der Waals surface area contributed by atoms with Crippen molar-refractivity contribution in [1.82, 2.24) is 9.80 Å². The molecule has 4 N–H and O–H groups in total. The molecule has 0 aromatic rings. The highest BCUT2D eigenvalue weighted by molar-refractivity contribution is 5.70. The summed E-state index contributed by atoms with van der Waals surface area (Å²) in [4.78, 5) is 29.5. The van der Waals surface area contributed by atoms with E-state index < -0.39 is 110 Å². The maximum atomic E-state index is 13.1. The highest BCUT2D eigenvalue weighted by atomic mass is 16.7. The molecule has 4 aliphatic rings. The molecule has 16 nitrogen and oxygen atoms in total. The van der Waals surface area contributed by atoms with E-state index in [4.69, 9.17) is 37.9 Å². The Hall–Kier alpha value is -1.90. The van der Waals surface area contributed by atoms with E-state index in [1.165, 1.54) is 14.0 Å². The standard InChI is InChI=1S/C43H74N2O14/c1-24-21-29(19-20-46)39(59-42-37(49)36(45(9)10)38(27(4)56-42)58-35-23-43(6,51)41(50)28(5)55-35)40(52-11)31(47)22-33(48)53-25(2)15-13-12-14-16-32(24)57-34-18-17-30(44(7)8)26(3)54-34/h12-14,16,20,24-32,34-42,47,49-51H,15,17-19,21-23H2,1-11H3/b13-12+,16-14+/t24-,25-,26-,27-,28+,29+,30+,31-,32+,34?,35+,36-,37-,38-,39+,40+,41-,42+,43-/m1/s1. The maximum absolute atomic E-state index is 13.1. The first-order valence-corrected chi connectivity index (χ1v) is 21.3. The topological polar surface area (TPSA) is 195 Å². The lowest BCUT2D eigenvalue weighted by Gasteiger charge is -2.50. The fourth-order valence-electron chi connectivity index (χ4n) is 9.10. The molecule has 4 aliphatic heterocycles. The summed E-state index contributed by atoms with van der Waals surface area (Å²) >= 11 is 0. The van der Waals surface area contributed by atoms with E-state index in [2.05, 4.69) is 4.90 Å². The Bertz CT molecular complexity index is 1370. The van der Waals surface area contributed by atoms with Crippen LogP contribution in [0.3, 0.4) is 0 Å². The molecule has 4 rings (SSSR count). The Labute approximate surface area is 351 Å². The highest BCUT2D eigenvalue weighted by Gasteiger charge is 2.52. The SMILES string of the molecule is CO[C@@H]1[C@@H](O[C@@H]2O[C@H](C)[C@@H](O[C@H]3C[C@@](C)(O)[C@H](O)[C@H](C)O3)[C@H](N(C)C)[C@H]2O)[C@@H](CC=O)C[C@@H](C)[C@@H](OC2CC[C@H](N(C)C)[C@@H](C)O2)/C=C/C=C/C[C@@H](C)OC(=O)C[C@H]1O. The van der Waals surface area contributed by atoms with E-state index in [0.717, 1.165) is 12.7 Å². The van der Waals surface area contributed by atoms with E-state index in [-0.39, 0.29) is 30.9 Å². The molecule has 4 heterocycles. The number of methoxy groups -OCH3 is 1. The minimum Gasteiger partial charge on any atom is -0.462 e. The van der Waals surface area contributed by atoms with Crippen molar-refractivity contribution >= 4 is 12.3 Å². The minimum atomic E-state index is -1.47. The van der Waals surface area contributed by atoms with Gasteiger partial charge in [-0.05, 0) is 93.9 Å². The van der Waals surface area contributed by atoms with Crippen molar-refractivity contribution in [2.24, 2.45) is 11.8 Å². The van der Waals surface area contributed by atoms with Gasteiger partial charge in [-0.25, -0.2) is 0 Å².